The van der Waals surface area contributed by atoms with Crippen molar-refractivity contribution >= 4 is 27.5 Å². The topological polar surface area (TPSA) is 56.8 Å². The summed E-state index contributed by atoms with van der Waals surface area (Å²) in [6.07, 6.45) is 0. The molecule has 0 spiro atoms. The summed E-state index contributed by atoms with van der Waals surface area (Å²) >= 11 is 3.20. The van der Waals surface area contributed by atoms with Crippen molar-refractivity contribution in [3.05, 3.63) is 12.1 Å². The molecular formula is C12H16BrNO4. The van der Waals surface area contributed by atoms with Crippen LogP contribution in [0.5, 0.6) is 17.2 Å². The van der Waals surface area contributed by atoms with E-state index in [1.165, 1.54) is 21.3 Å². The maximum absolute atomic E-state index is 11.6. The lowest BCUT2D eigenvalue weighted by Crippen LogP contribution is -2.19. The van der Waals surface area contributed by atoms with Gasteiger partial charge in [-0.2, -0.15) is 0 Å². The van der Waals surface area contributed by atoms with E-state index in [1.54, 1.807) is 19.1 Å². The normalized spacial score (nSPS) is 11.6. The zero-order chi connectivity index (χ0) is 13.7. The Labute approximate surface area is 115 Å². The van der Waals surface area contributed by atoms with Gasteiger partial charge in [0.15, 0.2) is 11.5 Å². The minimum Gasteiger partial charge on any atom is -0.493 e. The molecule has 1 N–H and O–H groups in total. The third-order valence-corrected chi connectivity index (χ3v) is 2.71. The van der Waals surface area contributed by atoms with E-state index < -0.39 is 0 Å². The number of nitrogens with one attached hydrogen (secondary N) is 1. The van der Waals surface area contributed by atoms with Crippen molar-refractivity contribution < 1.29 is 19.0 Å². The molecule has 1 amide bonds. The molecule has 6 heteroatoms. The Kier molecular flexibility index (Phi) is 5.27. The molecule has 0 aromatic heterocycles. The molecule has 0 heterocycles. The quantitative estimate of drug-likeness (QED) is 0.847. The van der Waals surface area contributed by atoms with Gasteiger partial charge in [-0.1, -0.05) is 15.9 Å². The highest BCUT2D eigenvalue weighted by atomic mass is 79.9. The number of carbonyl (C=O) groups is 1. The third kappa shape index (κ3) is 3.29. The number of ether oxygens (including phenoxy) is 3. The van der Waals surface area contributed by atoms with Crippen LogP contribution in [0, 0.1) is 0 Å². The zero-order valence-corrected chi connectivity index (χ0v) is 12.3. The van der Waals surface area contributed by atoms with Crippen molar-refractivity contribution in [3.8, 4) is 17.2 Å². The second-order valence-electron chi connectivity index (χ2n) is 3.52. The van der Waals surface area contributed by atoms with E-state index in [0.717, 1.165) is 0 Å². The highest BCUT2D eigenvalue weighted by Gasteiger charge is 2.15. The number of methoxy groups -OCH3 is 3. The Morgan fingerprint density at radius 2 is 1.67 bits per heavy atom. The number of halogens is 1. The Balaban J connectivity index is 3.11. The molecule has 1 rings (SSSR count). The van der Waals surface area contributed by atoms with Gasteiger partial charge in [-0.25, -0.2) is 0 Å². The second-order valence-corrected chi connectivity index (χ2v) is 4.89. The van der Waals surface area contributed by atoms with Crippen molar-refractivity contribution in [2.45, 2.75) is 11.8 Å². The van der Waals surface area contributed by atoms with Crippen molar-refractivity contribution in [1.82, 2.24) is 0 Å². The number of hydrogen-bond donors (Lipinski definition) is 1. The fourth-order valence-electron chi connectivity index (χ4n) is 1.39. The molecule has 0 bridgehead atoms. The Hall–Kier alpha value is -1.43. The molecule has 0 saturated heterocycles. The lowest BCUT2D eigenvalue weighted by molar-refractivity contribution is -0.115. The summed E-state index contributed by atoms with van der Waals surface area (Å²) < 4.78 is 15.6. The fourth-order valence-corrected chi connectivity index (χ4v) is 1.51. The van der Waals surface area contributed by atoms with Gasteiger partial charge in [-0.05, 0) is 6.92 Å². The first-order chi connectivity index (χ1) is 8.53. The molecule has 1 aromatic carbocycles. The van der Waals surface area contributed by atoms with Crippen LogP contribution >= 0.6 is 15.9 Å². The average Bonchev–Trinajstić information content (AvgIpc) is 2.37. The molecule has 0 aliphatic carbocycles. The molecule has 0 aliphatic rings. The predicted octanol–water partition coefficient (Wildman–Crippen LogP) is 2.43. The van der Waals surface area contributed by atoms with Crippen molar-refractivity contribution in [1.29, 1.82) is 0 Å². The van der Waals surface area contributed by atoms with Crippen molar-refractivity contribution in [2.24, 2.45) is 0 Å². The fraction of sp³-hybridized carbons (Fsp3) is 0.417. The third-order valence-electron chi connectivity index (χ3n) is 2.29. The molecule has 1 atom stereocenters. The van der Waals surface area contributed by atoms with E-state index in [4.69, 9.17) is 14.2 Å². The highest BCUT2D eigenvalue weighted by Crippen LogP contribution is 2.39. The number of anilines is 1. The molecule has 1 unspecified atom stereocenters. The maximum Gasteiger partial charge on any atom is 0.237 e. The number of hydrogen-bond acceptors (Lipinski definition) is 4. The van der Waals surface area contributed by atoms with Crippen LogP contribution in [0.3, 0.4) is 0 Å². The molecule has 0 saturated carbocycles. The van der Waals surface area contributed by atoms with E-state index in [1.807, 2.05) is 0 Å². The van der Waals surface area contributed by atoms with E-state index in [0.29, 0.717) is 22.9 Å². The first kappa shape index (κ1) is 14.6. The highest BCUT2D eigenvalue weighted by molar-refractivity contribution is 9.10. The standard InChI is InChI=1S/C12H16BrNO4/c1-7(13)12(15)14-8-5-9(16-2)11(18-4)10(6-8)17-3/h5-7H,1-4H3,(H,14,15). The molecule has 5 nitrogen and oxygen atoms in total. The lowest BCUT2D eigenvalue weighted by atomic mass is 10.2. The number of carbonyl (C=O) groups excluding carboxylic acids is 1. The molecule has 0 radical (unpaired) electrons. The molecular weight excluding hydrogens is 302 g/mol. The smallest absolute Gasteiger partial charge is 0.237 e. The van der Waals surface area contributed by atoms with Gasteiger partial charge >= 0.3 is 0 Å². The van der Waals surface area contributed by atoms with Gasteiger partial charge in [0, 0.05) is 17.8 Å². The van der Waals surface area contributed by atoms with Crippen LogP contribution in [0.2, 0.25) is 0 Å². The van der Waals surface area contributed by atoms with E-state index in [9.17, 15) is 4.79 Å². The first-order valence-corrected chi connectivity index (χ1v) is 6.20. The summed E-state index contributed by atoms with van der Waals surface area (Å²) in [6, 6.07) is 3.35. The SMILES string of the molecule is COc1cc(NC(=O)C(C)Br)cc(OC)c1OC. The largest absolute Gasteiger partial charge is 0.493 e. The first-order valence-electron chi connectivity index (χ1n) is 5.28. The van der Waals surface area contributed by atoms with Crippen LogP contribution in [0.1, 0.15) is 6.92 Å². The maximum atomic E-state index is 11.6. The molecule has 100 valence electrons. The summed E-state index contributed by atoms with van der Waals surface area (Å²) in [7, 11) is 4.57. The summed E-state index contributed by atoms with van der Waals surface area (Å²) in [5.74, 6) is 1.33. The van der Waals surface area contributed by atoms with Crippen LogP contribution < -0.4 is 19.5 Å². The van der Waals surface area contributed by atoms with Crippen molar-refractivity contribution in [3.63, 3.8) is 0 Å². The van der Waals surface area contributed by atoms with E-state index in [2.05, 4.69) is 21.2 Å². The monoisotopic (exact) mass is 317 g/mol. The van der Waals surface area contributed by atoms with Gasteiger partial charge in [0.25, 0.3) is 0 Å². The van der Waals surface area contributed by atoms with Gasteiger partial charge in [0.2, 0.25) is 11.7 Å². The number of rotatable bonds is 5. The van der Waals surface area contributed by atoms with Gasteiger partial charge < -0.3 is 19.5 Å². The van der Waals surface area contributed by atoms with Gasteiger partial charge in [0.05, 0.1) is 26.2 Å². The lowest BCUT2D eigenvalue weighted by Gasteiger charge is -2.15. The zero-order valence-electron chi connectivity index (χ0n) is 10.7. The molecule has 18 heavy (non-hydrogen) atoms. The second kappa shape index (κ2) is 6.49. The van der Waals surface area contributed by atoms with Crippen molar-refractivity contribution in [2.75, 3.05) is 26.6 Å². The van der Waals surface area contributed by atoms with Gasteiger partial charge in [-0.15, -0.1) is 0 Å². The summed E-state index contributed by atoms with van der Waals surface area (Å²) in [5.41, 5.74) is 0.584. The van der Waals surface area contributed by atoms with E-state index in [-0.39, 0.29) is 10.7 Å². The molecule has 1 aromatic rings. The van der Waals surface area contributed by atoms with Crippen LogP contribution in [-0.2, 0) is 4.79 Å². The molecule has 0 aliphatic heterocycles. The van der Waals surface area contributed by atoms with Crippen LogP contribution in [0.15, 0.2) is 12.1 Å². The minimum absolute atomic E-state index is 0.149. The predicted molar refractivity (Wildman–Crippen MR) is 73.1 cm³/mol. The summed E-state index contributed by atoms with van der Waals surface area (Å²) in [5, 5.41) is 2.74. The molecule has 0 fully saturated rings. The van der Waals surface area contributed by atoms with Crippen LogP contribution in [-0.4, -0.2) is 32.1 Å². The van der Waals surface area contributed by atoms with E-state index >= 15 is 0 Å². The Morgan fingerprint density at radius 1 is 1.17 bits per heavy atom. The number of alkyl halides is 1. The number of amides is 1. The summed E-state index contributed by atoms with van der Waals surface area (Å²) in [4.78, 5) is 11.3. The minimum atomic E-state index is -0.281. The Bertz CT molecular complexity index is 409. The number of benzene rings is 1. The average molecular weight is 318 g/mol. The Morgan fingerprint density at radius 3 is 2.00 bits per heavy atom. The summed E-state index contributed by atoms with van der Waals surface area (Å²) in [6.45, 7) is 1.74. The van der Waals surface area contributed by atoms with Crippen LogP contribution in [0.4, 0.5) is 5.69 Å². The van der Waals surface area contributed by atoms with Gasteiger partial charge in [-0.3, -0.25) is 4.79 Å². The van der Waals surface area contributed by atoms with Gasteiger partial charge in [0.1, 0.15) is 0 Å². The van der Waals surface area contributed by atoms with Crippen LogP contribution in [0.25, 0.3) is 0 Å².